The van der Waals surface area contributed by atoms with Crippen LogP contribution in [-0.2, 0) is 11.3 Å². The largest absolute Gasteiger partial charge is 0.340 e. The van der Waals surface area contributed by atoms with Crippen LogP contribution < -0.4 is 0 Å². The van der Waals surface area contributed by atoms with E-state index in [0.717, 1.165) is 45.6 Å². The molecule has 1 heterocycles. The Hall–Kier alpha value is -1.35. The van der Waals surface area contributed by atoms with E-state index in [1.165, 1.54) is 16.7 Å². The molecule has 1 aromatic rings. The van der Waals surface area contributed by atoms with Crippen LogP contribution in [0.3, 0.4) is 0 Å². The van der Waals surface area contributed by atoms with E-state index in [2.05, 4.69) is 41.8 Å². The molecule has 1 saturated carbocycles. The van der Waals surface area contributed by atoms with Gasteiger partial charge in [0.1, 0.15) is 0 Å². The molecule has 1 saturated heterocycles. The fourth-order valence-corrected chi connectivity index (χ4v) is 3.04. The zero-order valence-corrected chi connectivity index (χ0v) is 12.6. The lowest BCUT2D eigenvalue weighted by Gasteiger charge is -2.35. The maximum absolute atomic E-state index is 12.0. The highest BCUT2D eigenvalue weighted by Crippen LogP contribution is 2.31. The van der Waals surface area contributed by atoms with E-state index in [1.807, 2.05) is 0 Å². The topological polar surface area (TPSA) is 23.6 Å². The van der Waals surface area contributed by atoms with Crippen molar-refractivity contribution in [3.05, 3.63) is 34.9 Å². The average Bonchev–Trinajstić information content (AvgIpc) is 3.28. The second kappa shape index (κ2) is 5.57. The van der Waals surface area contributed by atoms with Crippen LogP contribution in [0, 0.1) is 19.8 Å². The molecular formula is C17H24N2O. The van der Waals surface area contributed by atoms with Crippen molar-refractivity contribution in [3.8, 4) is 0 Å². The van der Waals surface area contributed by atoms with Gasteiger partial charge in [0.25, 0.3) is 0 Å². The van der Waals surface area contributed by atoms with Crippen molar-refractivity contribution in [3.63, 3.8) is 0 Å². The molecule has 1 amide bonds. The number of rotatable bonds is 3. The second-order valence-corrected chi connectivity index (χ2v) is 6.25. The summed E-state index contributed by atoms with van der Waals surface area (Å²) >= 11 is 0. The van der Waals surface area contributed by atoms with E-state index in [9.17, 15) is 4.79 Å². The van der Waals surface area contributed by atoms with E-state index in [1.54, 1.807) is 0 Å². The van der Waals surface area contributed by atoms with E-state index in [4.69, 9.17) is 0 Å². The molecule has 1 aromatic carbocycles. The van der Waals surface area contributed by atoms with Gasteiger partial charge in [-0.05, 0) is 43.4 Å². The number of hydrogen-bond donors (Lipinski definition) is 0. The average molecular weight is 272 g/mol. The Kier molecular flexibility index (Phi) is 3.79. The number of amides is 1. The van der Waals surface area contributed by atoms with Crippen molar-refractivity contribution in [2.45, 2.75) is 33.2 Å². The van der Waals surface area contributed by atoms with Gasteiger partial charge in [0.15, 0.2) is 0 Å². The zero-order valence-electron chi connectivity index (χ0n) is 12.6. The highest BCUT2D eigenvalue weighted by Gasteiger charge is 2.34. The summed E-state index contributed by atoms with van der Waals surface area (Å²) in [5, 5.41) is 0. The molecule has 0 unspecified atom stereocenters. The highest BCUT2D eigenvalue weighted by molar-refractivity contribution is 5.81. The number of benzene rings is 1. The SMILES string of the molecule is Cc1cccc(C)c1CN1CCN(C(=O)C2CC2)CC1. The summed E-state index contributed by atoms with van der Waals surface area (Å²) in [6.45, 7) is 9.22. The lowest BCUT2D eigenvalue weighted by atomic mass is 10.0. The summed E-state index contributed by atoms with van der Waals surface area (Å²) in [5.74, 6) is 0.761. The van der Waals surface area contributed by atoms with Gasteiger partial charge in [-0.25, -0.2) is 0 Å². The van der Waals surface area contributed by atoms with Gasteiger partial charge in [-0.15, -0.1) is 0 Å². The summed E-state index contributed by atoms with van der Waals surface area (Å²) in [5.41, 5.74) is 4.21. The molecule has 1 aliphatic heterocycles. The van der Waals surface area contributed by atoms with Crippen LogP contribution in [0.2, 0.25) is 0 Å². The molecule has 0 N–H and O–H groups in total. The quantitative estimate of drug-likeness (QED) is 0.843. The number of carbonyl (C=O) groups is 1. The molecule has 3 nitrogen and oxygen atoms in total. The number of hydrogen-bond acceptors (Lipinski definition) is 2. The van der Waals surface area contributed by atoms with E-state index >= 15 is 0 Å². The van der Waals surface area contributed by atoms with Gasteiger partial charge < -0.3 is 4.90 Å². The third-order valence-electron chi connectivity index (χ3n) is 4.64. The first kappa shape index (κ1) is 13.6. The second-order valence-electron chi connectivity index (χ2n) is 6.25. The predicted molar refractivity (Wildman–Crippen MR) is 80.5 cm³/mol. The minimum Gasteiger partial charge on any atom is -0.340 e. The third-order valence-corrected chi connectivity index (χ3v) is 4.64. The standard InChI is InChI=1S/C17H24N2O/c1-13-4-3-5-14(2)16(13)12-18-8-10-19(11-9-18)17(20)15-6-7-15/h3-5,15H,6-12H2,1-2H3. The van der Waals surface area contributed by atoms with Gasteiger partial charge in [-0.3, -0.25) is 9.69 Å². The number of nitrogens with zero attached hydrogens (tertiary/aromatic N) is 2. The number of piperazine rings is 1. The van der Waals surface area contributed by atoms with Crippen molar-refractivity contribution >= 4 is 5.91 Å². The summed E-state index contributed by atoms with van der Waals surface area (Å²) in [6.07, 6.45) is 2.23. The molecule has 108 valence electrons. The maximum Gasteiger partial charge on any atom is 0.225 e. The van der Waals surface area contributed by atoms with Crippen molar-refractivity contribution in [2.75, 3.05) is 26.2 Å². The zero-order chi connectivity index (χ0) is 14.1. The lowest BCUT2D eigenvalue weighted by molar-refractivity contribution is -0.134. The first-order chi connectivity index (χ1) is 9.65. The Balaban J connectivity index is 1.57. The van der Waals surface area contributed by atoms with Gasteiger partial charge in [-0.1, -0.05) is 18.2 Å². The molecule has 2 fully saturated rings. The molecule has 3 rings (SSSR count). The Morgan fingerprint density at radius 2 is 1.70 bits per heavy atom. The van der Waals surface area contributed by atoms with Crippen molar-refractivity contribution in [1.82, 2.24) is 9.80 Å². The van der Waals surface area contributed by atoms with Crippen LogP contribution in [-0.4, -0.2) is 41.9 Å². The van der Waals surface area contributed by atoms with Crippen LogP contribution in [0.5, 0.6) is 0 Å². The molecular weight excluding hydrogens is 248 g/mol. The monoisotopic (exact) mass is 272 g/mol. The molecule has 2 aliphatic rings. The normalized spacial score (nSPS) is 20.2. The first-order valence-corrected chi connectivity index (χ1v) is 7.71. The smallest absolute Gasteiger partial charge is 0.225 e. The van der Waals surface area contributed by atoms with Crippen LogP contribution >= 0.6 is 0 Å². The van der Waals surface area contributed by atoms with Gasteiger partial charge >= 0.3 is 0 Å². The van der Waals surface area contributed by atoms with Gasteiger partial charge in [0.2, 0.25) is 5.91 Å². The first-order valence-electron chi connectivity index (χ1n) is 7.71. The van der Waals surface area contributed by atoms with Gasteiger partial charge in [0, 0.05) is 38.6 Å². The van der Waals surface area contributed by atoms with Crippen molar-refractivity contribution in [1.29, 1.82) is 0 Å². The van der Waals surface area contributed by atoms with Crippen LogP contribution in [0.1, 0.15) is 29.5 Å². The molecule has 1 aliphatic carbocycles. The predicted octanol–water partition coefficient (Wildman–Crippen LogP) is 2.36. The van der Waals surface area contributed by atoms with Crippen LogP contribution in [0.25, 0.3) is 0 Å². The van der Waals surface area contributed by atoms with E-state index in [-0.39, 0.29) is 0 Å². The molecule has 0 atom stereocenters. The summed E-state index contributed by atoms with van der Waals surface area (Å²) in [7, 11) is 0. The fraction of sp³-hybridized carbons (Fsp3) is 0.588. The van der Waals surface area contributed by atoms with E-state index in [0.29, 0.717) is 11.8 Å². The molecule has 0 radical (unpaired) electrons. The molecule has 0 spiro atoms. The van der Waals surface area contributed by atoms with Crippen molar-refractivity contribution in [2.24, 2.45) is 5.92 Å². The lowest BCUT2D eigenvalue weighted by Crippen LogP contribution is -2.48. The fourth-order valence-electron chi connectivity index (χ4n) is 3.04. The van der Waals surface area contributed by atoms with E-state index < -0.39 is 0 Å². The number of aryl methyl sites for hydroxylation is 2. The Morgan fingerprint density at radius 3 is 2.25 bits per heavy atom. The highest BCUT2D eigenvalue weighted by atomic mass is 16.2. The Labute approximate surface area is 121 Å². The molecule has 3 heteroatoms. The third kappa shape index (κ3) is 2.88. The van der Waals surface area contributed by atoms with Gasteiger partial charge in [-0.2, -0.15) is 0 Å². The van der Waals surface area contributed by atoms with Crippen LogP contribution in [0.15, 0.2) is 18.2 Å². The number of carbonyl (C=O) groups excluding carboxylic acids is 1. The summed E-state index contributed by atoms with van der Waals surface area (Å²) in [4.78, 5) is 16.6. The maximum atomic E-state index is 12.0. The molecule has 20 heavy (non-hydrogen) atoms. The Morgan fingerprint density at radius 1 is 1.10 bits per heavy atom. The molecule has 0 aromatic heterocycles. The van der Waals surface area contributed by atoms with Crippen molar-refractivity contribution < 1.29 is 4.79 Å². The summed E-state index contributed by atoms with van der Waals surface area (Å²) < 4.78 is 0. The molecule has 0 bridgehead atoms. The minimum atomic E-state index is 0.361. The Bertz CT molecular complexity index is 479. The van der Waals surface area contributed by atoms with Gasteiger partial charge in [0.05, 0.1) is 0 Å². The minimum absolute atomic E-state index is 0.361. The summed E-state index contributed by atoms with van der Waals surface area (Å²) in [6, 6.07) is 6.50. The van der Waals surface area contributed by atoms with Crippen LogP contribution in [0.4, 0.5) is 0 Å².